The maximum Gasteiger partial charge on any atom is 0.0624 e. The van der Waals surface area contributed by atoms with E-state index < -0.39 is 0 Å². The molecule has 0 fully saturated rings. The number of rotatable bonds is 5. The zero-order valence-corrected chi connectivity index (χ0v) is 14.0. The van der Waals surface area contributed by atoms with Crippen molar-refractivity contribution in [2.24, 2.45) is 11.7 Å². The van der Waals surface area contributed by atoms with E-state index in [1.165, 1.54) is 5.56 Å². The smallest absolute Gasteiger partial charge is 0.0624 e. The van der Waals surface area contributed by atoms with Gasteiger partial charge in [-0.2, -0.15) is 0 Å². The molecule has 106 valence electrons. The van der Waals surface area contributed by atoms with Crippen molar-refractivity contribution in [1.82, 2.24) is 0 Å². The Morgan fingerprint density at radius 1 is 1.00 bits per heavy atom. The van der Waals surface area contributed by atoms with E-state index in [-0.39, 0.29) is 0 Å². The molecule has 0 radical (unpaired) electrons. The van der Waals surface area contributed by atoms with E-state index in [0.29, 0.717) is 22.5 Å². The van der Waals surface area contributed by atoms with Gasteiger partial charge in [-0.3, -0.25) is 0 Å². The number of benzene rings is 2. The van der Waals surface area contributed by atoms with Crippen LogP contribution in [0.15, 0.2) is 46.9 Å². The zero-order valence-electron chi connectivity index (χ0n) is 11.0. The fourth-order valence-electron chi connectivity index (χ4n) is 2.21. The van der Waals surface area contributed by atoms with Crippen LogP contribution in [0, 0.1) is 5.92 Å². The van der Waals surface area contributed by atoms with E-state index in [4.69, 9.17) is 28.9 Å². The van der Waals surface area contributed by atoms with Crippen molar-refractivity contribution in [3.8, 4) is 0 Å². The number of hydrogen-bond donors (Lipinski definition) is 1. The molecule has 1 atom stereocenters. The van der Waals surface area contributed by atoms with Gasteiger partial charge in [-0.25, -0.2) is 0 Å². The van der Waals surface area contributed by atoms with Crippen molar-refractivity contribution in [1.29, 1.82) is 0 Å². The minimum atomic E-state index is 0.354. The van der Waals surface area contributed by atoms with Gasteiger partial charge in [0.15, 0.2) is 0 Å². The first-order valence-electron chi connectivity index (χ1n) is 6.47. The summed E-state index contributed by atoms with van der Waals surface area (Å²) in [5.41, 5.74) is 8.24. The SMILES string of the molecule is NCC(Cc1ccc(Br)cc1)Cc1cccc(Cl)c1Cl. The summed E-state index contributed by atoms with van der Waals surface area (Å²) >= 11 is 15.7. The maximum absolute atomic E-state index is 6.24. The molecule has 2 aromatic carbocycles. The third-order valence-corrected chi connectivity index (χ3v) is 4.70. The molecule has 0 aromatic heterocycles. The predicted octanol–water partition coefficient (Wildman–Crippen LogP) is 5.12. The lowest BCUT2D eigenvalue weighted by Gasteiger charge is -2.16. The molecule has 1 nitrogen and oxygen atoms in total. The highest BCUT2D eigenvalue weighted by molar-refractivity contribution is 9.10. The van der Waals surface area contributed by atoms with Gasteiger partial charge in [0.25, 0.3) is 0 Å². The summed E-state index contributed by atoms with van der Waals surface area (Å²) in [4.78, 5) is 0. The van der Waals surface area contributed by atoms with Gasteiger partial charge in [0.1, 0.15) is 0 Å². The fraction of sp³-hybridized carbons (Fsp3) is 0.250. The van der Waals surface area contributed by atoms with E-state index in [2.05, 4.69) is 40.2 Å². The molecule has 0 saturated heterocycles. The van der Waals surface area contributed by atoms with E-state index in [1.807, 2.05) is 12.1 Å². The molecule has 0 aliphatic rings. The van der Waals surface area contributed by atoms with Crippen LogP contribution in [-0.2, 0) is 12.8 Å². The van der Waals surface area contributed by atoms with Crippen LogP contribution < -0.4 is 5.73 Å². The summed E-state index contributed by atoms with van der Waals surface area (Å²) in [7, 11) is 0. The highest BCUT2D eigenvalue weighted by atomic mass is 79.9. The quantitative estimate of drug-likeness (QED) is 0.774. The first kappa shape index (κ1) is 15.8. The highest BCUT2D eigenvalue weighted by Gasteiger charge is 2.12. The van der Waals surface area contributed by atoms with Gasteiger partial charge in [-0.1, -0.05) is 63.4 Å². The van der Waals surface area contributed by atoms with E-state index >= 15 is 0 Å². The minimum Gasteiger partial charge on any atom is -0.330 e. The number of halogens is 3. The minimum absolute atomic E-state index is 0.354. The predicted molar refractivity (Wildman–Crippen MR) is 90.6 cm³/mol. The standard InChI is InChI=1S/C16H16BrCl2N/c17-14-6-4-11(5-7-14)8-12(10-20)9-13-2-1-3-15(18)16(13)19/h1-7,12H,8-10,20H2. The third kappa shape index (κ3) is 4.23. The summed E-state index contributed by atoms with van der Waals surface area (Å²) in [5.74, 6) is 0.354. The van der Waals surface area contributed by atoms with Crippen LogP contribution in [0.25, 0.3) is 0 Å². The average Bonchev–Trinajstić information content (AvgIpc) is 2.45. The molecule has 2 aromatic rings. The third-order valence-electron chi connectivity index (χ3n) is 3.31. The van der Waals surface area contributed by atoms with Gasteiger partial charge in [-0.05, 0) is 54.6 Å². The zero-order chi connectivity index (χ0) is 14.5. The molecule has 0 heterocycles. The van der Waals surface area contributed by atoms with Crippen molar-refractivity contribution in [3.05, 3.63) is 68.1 Å². The first-order chi connectivity index (χ1) is 9.60. The number of hydrogen-bond acceptors (Lipinski definition) is 1. The van der Waals surface area contributed by atoms with E-state index in [0.717, 1.165) is 22.9 Å². The molecular weight excluding hydrogens is 357 g/mol. The van der Waals surface area contributed by atoms with Crippen molar-refractivity contribution in [2.45, 2.75) is 12.8 Å². The Labute approximate surface area is 138 Å². The van der Waals surface area contributed by atoms with Crippen LogP contribution in [0.2, 0.25) is 10.0 Å². The van der Waals surface area contributed by atoms with Crippen molar-refractivity contribution < 1.29 is 0 Å². The van der Waals surface area contributed by atoms with Crippen LogP contribution in [0.1, 0.15) is 11.1 Å². The molecule has 0 spiro atoms. The Morgan fingerprint density at radius 3 is 2.35 bits per heavy atom. The Balaban J connectivity index is 2.09. The molecule has 0 saturated carbocycles. The van der Waals surface area contributed by atoms with Crippen LogP contribution in [0.5, 0.6) is 0 Å². The van der Waals surface area contributed by atoms with Crippen LogP contribution in [-0.4, -0.2) is 6.54 Å². The Bertz CT molecular complexity index is 569. The van der Waals surface area contributed by atoms with Gasteiger partial charge in [-0.15, -0.1) is 0 Å². The van der Waals surface area contributed by atoms with Gasteiger partial charge < -0.3 is 5.73 Å². The second-order valence-electron chi connectivity index (χ2n) is 4.85. The van der Waals surface area contributed by atoms with Gasteiger partial charge in [0.2, 0.25) is 0 Å². The molecule has 0 amide bonds. The second-order valence-corrected chi connectivity index (χ2v) is 6.55. The summed E-state index contributed by atoms with van der Waals surface area (Å²) in [6.07, 6.45) is 1.78. The lowest BCUT2D eigenvalue weighted by atomic mass is 9.92. The molecule has 4 heteroatoms. The van der Waals surface area contributed by atoms with E-state index in [9.17, 15) is 0 Å². The maximum atomic E-state index is 6.24. The van der Waals surface area contributed by atoms with Crippen LogP contribution in [0.3, 0.4) is 0 Å². The Kier molecular flexibility index (Phi) is 5.91. The van der Waals surface area contributed by atoms with Crippen LogP contribution >= 0.6 is 39.1 Å². The van der Waals surface area contributed by atoms with Crippen LogP contribution in [0.4, 0.5) is 0 Å². The summed E-state index contributed by atoms with van der Waals surface area (Å²) in [6.45, 7) is 0.624. The number of nitrogens with two attached hydrogens (primary N) is 1. The molecule has 0 bridgehead atoms. The lowest BCUT2D eigenvalue weighted by molar-refractivity contribution is 0.533. The van der Waals surface area contributed by atoms with Gasteiger partial charge in [0.05, 0.1) is 10.0 Å². The van der Waals surface area contributed by atoms with E-state index in [1.54, 1.807) is 6.07 Å². The van der Waals surface area contributed by atoms with Crippen molar-refractivity contribution in [2.75, 3.05) is 6.54 Å². The van der Waals surface area contributed by atoms with Crippen molar-refractivity contribution in [3.63, 3.8) is 0 Å². The second kappa shape index (κ2) is 7.46. The van der Waals surface area contributed by atoms with Crippen molar-refractivity contribution >= 4 is 39.1 Å². The molecule has 20 heavy (non-hydrogen) atoms. The molecular formula is C16H16BrCl2N. The summed E-state index contributed by atoms with van der Waals surface area (Å²) in [5, 5.41) is 1.24. The highest BCUT2D eigenvalue weighted by Crippen LogP contribution is 2.28. The fourth-order valence-corrected chi connectivity index (χ4v) is 2.87. The largest absolute Gasteiger partial charge is 0.330 e. The molecule has 0 aliphatic carbocycles. The van der Waals surface area contributed by atoms with Gasteiger partial charge >= 0.3 is 0 Å². The van der Waals surface area contributed by atoms with Gasteiger partial charge in [0, 0.05) is 4.47 Å². The lowest BCUT2D eigenvalue weighted by Crippen LogP contribution is -2.19. The average molecular weight is 373 g/mol. The first-order valence-corrected chi connectivity index (χ1v) is 8.02. The Hall–Kier alpha value is -0.540. The molecule has 1 unspecified atom stereocenters. The topological polar surface area (TPSA) is 26.0 Å². The molecule has 2 N–H and O–H groups in total. The Morgan fingerprint density at radius 2 is 1.70 bits per heavy atom. The normalized spacial score (nSPS) is 12.4. The summed E-state index contributed by atoms with van der Waals surface area (Å²) < 4.78 is 1.09. The molecule has 0 aliphatic heterocycles. The summed E-state index contributed by atoms with van der Waals surface area (Å²) in [6, 6.07) is 14.1. The monoisotopic (exact) mass is 371 g/mol. The molecule has 2 rings (SSSR count).